The van der Waals surface area contributed by atoms with Gasteiger partial charge in [-0.05, 0) is 25.0 Å². The molecule has 0 saturated heterocycles. The van der Waals surface area contributed by atoms with Crippen molar-refractivity contribution in [2.24, 2.45) is 5.92 Å². The van der Waals surface area contributed by atoms with E-state index in [0.29, 0.717) is 18.0 Å². The first-order chi connectivity index (χ1) is 9.16. The third kappa shape index (κ3) is 2.53. The number of carbonyl (C=O) groups is 1. The molecule has 4 nitrogen and oxygen atoms in total. The maximum Gasteiger partial charge on any atom is 0.308 e. The zero-order valence-electron chi connectivity index (χ0n) is 10.6. The predicted octanol–water partition coefficient (Wildman–Crippen LogP) is 3.27. The molecule has 2 aromatic rings. The Labute approximate surface area is 127 Å². The normalized spacial score (nSPS) is 17.1. The van der Waals surface area contributed by atoms with Crippen LogP contribution in [0.25, 0.3) is 11.4 Å². The van der Waals surface area contributed by atoms with E-state index in [1.807, 2.05) is 35.0 Å². The van der Waals surface area contributed by atoms with Crippen molar-refractivity contribution >= 4 is 30.0 Å². The summed E-state index contributed by atoms with van der Waals surface area (Å²) in [6.07, 6.45) is 3.23. The second kappa shape index (κ2) is 5.85. The van der Waals surface area contributed by atoms with Gasteiger partial charge in [0.2, 0.25) is 0 Å². The van der Waals surface area contributed by atoms with Crippen LogP contribution in [0.2, 0.25) is 5.02 Å². The van der Waals surface area contributed by atoms with Crippen LogP contribution in [0.1, 0.15) is 12.1 Å². The Kier molecular flexibility index (Phi) is 4.35. The van der Waals surface area contributed by atoms with Crippen molar-refractivity contribution < 1.29 is 9.90 Å². The molecular weight excluding hydrogens is 299 g/mol. The number of carboxylic acids is 1. The van der Waals surface area contributed by atoms with E-state index in [-0.39, 0.29) is 18.3 Å². The van der Waals surface area contributed by atoms with E-state index in [1.54, 1.807) is 0 Å². The van der Waals surface area contributed by atoms with Gasteiger partial charge in [-0.15, -0.1) is 12.4 Å². The minimum absolute atomic E-state index is 0. The summed E-state index contributed by atoms with van der Waals surface area (Å²) in [5, 5.41) is 9.79. The van der Waals surface area contributed by atoms with Gasteiger partial charge in [-0.3, -0.25) is 4.79 Å². The average molecular weight is 313 g/mol. The molecule has 1 aliphatic rings. The van der Waals surface area contributed by atoms with Crippen molar-refractivity contribution in [3.8, 4) is 11.4 Å². The van der Waals surface area contributed by atoms with Crippen LogP contribution in [-0.2, 0) is 17.8 Å². The SMILES string of the molecule is Cl.O=C(O)C1CCc2cnc(-c3ccccc3Cl)n2C1. The van der Waals surface area contributed by atoms with Gasteiger partial charge in [0.1, 0.15) is 5.82 Å². The van der Waals surface area contributed by atoms with Crippen molar-refractivity contribution in [2.75, 3.05) is 0 Å². The Bertz CT molecular complexity index is 640. The third-order valence-corrected chi connectivity index (χ3v) is 3.88. The van der Waals surface area contributed by atoms with E-state index >= 15 is 0 Å². The average Bonchev–Trinajstić information content (AvgIpc) is 2.82. The highest BCUT2D eigenvalue weighted by atomic mass is 35.5. The molecule has 1 N–H and O–H groups in total. The Morgan fingerprint density at radius 2 is 2.15 bits per heavy atom. The highest BCUT2D eigenvalue weighted by Gasteiger charge is 2.26. The van der Waals surface area contributed by atoms with Gasteiger partial charge in [-0.25, -0.2) is 4.98 Å². The van der Waals surface area contributed by atoms with Gasteiger partial charge in [0, 0.05) is 24.0 Å². The van der Waals surface area contributed by atoms with E-state index in [4.69, 9.17) is 16.7 Å². The summed E-state index contributed by atoms with van der Waals surface area (Å²) in [6, 6.07) is 7.49. The quantitative estimate of drug-likeness (QED) is 0.926. The minimum Gasteiger partial charge on any atom is -0.481 e. The molecule has 1 aromatic heterocycles. The largest absolute Gasteiger partial charge is 0.481 e. The fourth-order valence-electron chi connectivity index (χ4n) is 2.51. The topological polar surface area (TPSA) is 55.1 Å². The zero-order valence-corrected chi connectivity index (χ0v) is 12.2. The number of nitrogens with zero attached hydrogens (tertiary/aromatic N) is 2. The lowest BCUT2D eigenvalue weighted by molar-refractivity contribution is -0.142. The molecule has 106 valence electrons. The summed E-state index contributed by atoms with van der Waals surface area (Å²) >= 11 is 6.19. The number of aliphatic carboxylic acids is 1. The number of carboxylic acid groups (broad SMARTS) is 1. The monoisotopic (exact) mass is 312 g/mol. The summed E-state index contributed by atoms with van der Waals surface area (Å²) in [6.45, 7) is 0.464. The number of aryl methyl sites for hydroxylation is 1. The van der Waals surface area contributed by atoms with E-state index < -0.39 is 5.97 Å². The molecule has 1 aromatic carbocycles. The van der Waals surface area contributed by atoms with Crippen LogP contribution in [0.4, 0.5) is 0 Å². The molecule has 0 radical (unpaired) electrons. The molecule has 0 saturated carbocycles. The lowest BCUT2D eigenvalue weighted by atomic mass is 9.98. The maximum atomic E-state index is 11.1. The third-order valence-electron chi connectivity index (χ3n) is 3.55. The van der Waals surface area contributed by atoms with E-state index in [2.05, 4.69) is 4.98 Å². The van der Waals surface area contributed by atoms with Gasteiger partial charge in [0.05, 0.1) is 10.9 Å². The number of halogens is 2. The molecule has 20 heavy (non-hydrogen) atoms. The van der Waals surface area contributed by atoms with Crippen LogP contribution in [0, 0.1) is 5.92 Å². The number of hydrogen-bond acceptors (Lipinski definition) is 2. The van der Waals surface area contributed by atoms with Crippen molar-refractivity contribution in [2.45, 2.75) is 19.4 Å². The number of fused-ring (bicyclic) bond motifs is 1. The van der Waals surface area contributed by atoms with Gasteiger partial charge in [-0.2, -0.15) is 0 Å². The number of rotatable bonds is 2. The highest BCUT2D eigenvalue weighted by molar-refractivity contribution is 6.33. The number of benzene rings is 1. The summed E-state index contributed by atoms with van der Waals surface area (Å²) in [7, 11) is 0. The van der Waals surface area contributed by atoms with Crippen LogP contribution < -0.4 is 0 Å². The van der Waals surface area contributed by atoms with Gasteiger partial charge >= 0.3 is 5.97 Å². The lowest BCUT2D eigenvalue weighted by Crippen LogP contribution is -2.26. The molecule has 6 heteroatoms. The van der Waals surface area contributed by atoms with Crippen LogP contribution in [0.3, 0.4) is 0 Å². The van der Waals surface area contributed by atoms with Crippen LogP contribution in [-0.4, -0.2) is 20.6 Å². The Balaban J connectivity index is 0.00000147. The molecule has 1 unspecified atom stereocenters. The fraction of sp³-hybridized carbons (Fsp3) is 0.286. The Morgan fingerprint density at radius 1 is 1.40 bits per heavy atom. The van der Waals surface area contributed by atoms with Gasteiger partial charge in [0.25, 0.3) is 0 Å². The first-order valence-electron chi connectivity index (χ1n) is 6.19. The molecular formula is C14H14Cl2N2O2. The summed E-state index contributed by atoms with van der Waals surface area (Å²) in [5.41, 5.74) is 1.92. The van der Waals surface area contributed by atoms with Crippen molar-refractivity contribution in [3.63, 3.8) is 0 Å². The van der Waals surface area contributed by atoms with E-state index in [1.165, 1.54) is 0 Å². The highest BCUT2D eigenvalue weighted by Crippen LogP contribution is 2.31. The van der Waals surface area contributed by atoms with Crippen LogP contribution >= 0.6 is 24.0 Å². The van der Waals surface area contributed by atoms with Crippen molar-refractivity contribution in [3.05, 3.63) is 41.2 Å². The molecule has 1 atom stereocenters. The predicted molar refractivity (Wildman–Crippen MR) is 79.4 cm³/mol. The molecule has 3 rings (SSSR count). The van der Waals surface area contributed by atoms with Crippen LogP contribution in [0.15, 0.2) is 30.5 Å². The zero-order chi connectivity index (χ0) is 13.4. The minimum atomic E-state index is -0.746. The number of hydrogen-bond donors (Lipinski definition) is 1. The summed E-state index contributed by atoms with van der Waals surface area (Å²) in [5.74, 6) is -0.334. The van der Waals surface area contributed by atoms with Crippen LogP contribution in [0.5, 0.6) is 0 Å². The van der Waals surface area contributed by atoms with Gasteiger partial charge in [-0.1, -0.05) is 23.7 Å². The lowest BCUT2D eigenvalue weighted by Gasteiger charge is -2.22. The molecule has 2 heterocycles. The second-order valence-electron chi connectivity index (χ2n) is 4.74. The molecule has 0 fully saturated rings. The Morgan fingerprint density at radius 3 is 2.85 bits per heavy atom. The molecule has 0 aliphatic carbocycles. The molecule has 0 amide bonds. The Hall–Kier alpha value is -1.52. The summed E-state index contributed by atoms with van der Waals surface area (Å²) in [4.78, 5) is 15.5. The molecule has 1 aliphatic heterocycles. The smallest absolute Gasteiger partial charge is 0.308 e. The summed E-state index contributed by atoms with van der Waals surface area (Å²) < 4.78 is 1.98. The van der Waals surface area contributed by atoms with Gasteiger partial charge in [0.15, 0.2) is 0 Å². The number of aromatic nitrogens is 2. The van der Waals surface area contributed by atoms with E-state index in [0.717, 1.165) is 23.5 Å². The first-order valence-corrected chi connectivity index (χ1v) is 6.56. The van der Waals surface area contributed by atoms with Crippen molar-refractivity contribution in [1.82, 2.24) is 9.55 Å². The van der Waals surface area contributed by atoms with Crippen molar-refractivity contribution in [1.29, 1.82) is 0 Å². The first kappa shape index (κ1) is 14.9. The van der Waals surface area contributed by atoms with Gasteiger partial charge < -0.3 is 9.67 Å². The maximum absolute atomic E-state index is 11.1. The molecule has 0 bridgehead atoms. The van der Waals surface area contributed by atoms with E-state index in [9.17, 15) is 4.79 Å². The number of imidazole rings is 1. The fourth-order valence-corrected chi connectivity index (χ4v) is 2.73. The molecule has 0 spiro atoms. The standard InChI is InChI=1S/C14H13ClN2O2.ClH/c15-12-4-2-1-3-11(12)13-16-7-10-6-5-9(14(18)19)8-17(10)13;/h1-4,7,9H,5-6,8H2,(H,18,19);1H. The second-order valence-corrected chi connectivity index (χ2v) is 5.14.